The summed E-state index contributed by atoms with van der Waals surface area (Å²) in [5, 5.41) is 6.23. The fourth-order valence-electron chi connectivity index (χ4n) is 7.81. The van der Waals surface area contributed by atoms with Gasteiger partial charge in [0.05, 0.1) is 0 Å². The van der Waals surface area contributed by atoms with E-state index in [1.165, 1.54) is 69.3 Å². The van der Waals surface area contributed by atoms with Gasteiger partial charge in [0, 0.05) is 0 Å². The monoisotopic (exact) mass is 974 g/mol. The maximum Gasteiger partial charge on any atom is -0.0195 e. The van der Waals surface area contributed by atoms with E-state index in [1.54, 1.807) is 53.1 Å². The van der Waals surface area contributed by atoms with Crippen molar-refractivity contribution in [1.29, 1.82) is 0 Å². The van der Waals surface area contributed by atoms with Crippen LogP contribution in [0.2, 0.25) is 0 Å². The fraction of sp³-hybridized carbons (Fsp3) is 0.429. The second kappa shape index (κ2) is 23.8. The molecule has 8 heteroatoms. The normalized spacial score (nSPS) is 16.1. The molecule has 0 heterocycles. The first-order chi connectivity index (χ1) is 24.6. The Morgan fingerprint density at radius 3 is 0.980 bits per heavy atom. The summed E-state index contributed by atoms with van der Waals surface area (Å²) >= 11 is -2.05. The van der Waals surface area contributed by atoms with E-state index in [4.69, 9.17) is 28.6 Å². The van der Waals surface area contributed by atoms with Crippen LogP contribution in [0.1, 0.15) is 64.2 Å². The van der Waals surface area contributed by atoms with Crippen LogP contribution in [-0.4, -0.2) is 48.3 Å². The van der Waals surface area contributed by atoms with Crippen molar-refractivity contribution >= 4 is 81.5 Å². The summed E-state index contributed by atoms with van der Waals surface area (Å²) < 4.78 is 0. The first-order valence-electron chi connectivity index (χ1n) is 18.5. The fourth-order valence-corrected chi connectivity index (χ4v) is 21.5. The van der Waals surface area contributed by atoms with Gasteiger partial charge in [-0.2, -0.15) is 0 Å². The average Bonchev–Trinajstić information content (AvgIpc) is 3.17. The molecule has 0 amide bonds. The van der Waals surface area contributed by atoms with E-state index in [0.29, 0.717) is 0 Å². The molecule has 6 rings (SSSR count). The van der Waals surface area contributed by atoms with Crippen molar-refractivity contribution in [2.75, 3.05) is 37.0 Å². The zero-order chi connectivity index (χ0) is 34.8. The second-order valence-corrected chi connectivity index (χ2v) is 35.5. The van der Waals surface area contributed by atoms with Crippen LogP contribution in [0, 0.1) is 0 Å². The molecule has 0 N–H and O–H groups in total. The van der Waals surface area contributed by atoms with Crippen molar-refractivity contribution in [1.82, 2.24) is 0 Å². The molecular weight excluding hydrogens is 921 g/mol. The molecule has 2 saturated carbocycles. The topological polar surface area (TPSA) is 0 Å². The van der Waals surface area contributed by atoms with Crippen molar-refractivity contribution in [2.45, 2.75) is 75.5 Å². The Balaban J connectivity index is 0.00000115. The van der Waals surface area contributed by atoms with Gasteiger partial charge in [0.2, 0.25) is 0 Å². The molecule has 0 aromatic heterocycles. The third-order valence-electron chi connectivity index (χ3n) is 10.3. The summed E-state index contributed by atoms with van der Waals surface area (Å²) in [4.78, 5) is 0. The van der Waals surface area contributed by atoms with E-state index >= 15 is 0 Å². The van der Waals surface area contributed by atoms with Gasteiger partial charge in [-0.3, -0.25) is 0 Å². The minimum absolute atomic E-state index is 0.0131. The predicted molar refractivity (Wildman–Crippen MR) is 232 cm³/mol. The predicted octanol–water partition coefficient (Wildman–Crippen LogP) is 12.9. The van der Waals surface area contributed by atoms with Gasteiger partial charge in [0.25, 0.3) is 0 Å². The van der Waals surface area contributed by atoms with Crippen molar-refractivity contribution < 1.29 is 13.7 Å². The van der Waals surface area contributed by atoms with Crippen LogP contribution in [0.5, 0.6) is 0 Å². The Hall–Kier alpha value is 0.132. The standard InChI is InChI=1S/C42H54P4.3ClH.Re/c1-7-19-37(20-8-1)44(38-21-9-2-10-22-38)34-31-43(32-35-45(39-23-11-3-12-24-39)40-25-13-4-14-26-40)33-36-46(41-27-15-5-16-28-41)42-29-17-6-18-30-42;;;;/h1-4,7-14,19-26,41-42H,5-6,15-18,27-36H2;3*1H;/q;;;;+3/p-3. The SMILES string of the molecule is [Cl][Re]([Cl])[Cl].c1ccc(P(CCP(CCP(c2ccccc2)c2ccccc2)CCP(C2CCCCC2)C2CCCCC2)c2ccccc2)cc1. The Bertz CT molecular complexity index is 1250. The van der Waals surface area contributed by atoms with Crippen molar-refractivity contribution in [3.05, 3.63) is 121 Å². The van der Waals surface area contributed by atoms with Gasteiger partial charge in [-0.25, -0.2) is 0 Å². The number of rotatable bonds is 15. The maximum atomic E-state index is 4.99. The van der Waals surface area contributed by atoms with E-state index in [1.807, 2.05) is 0 Å². The third kappa shape index (κ3) is 14.1. The molecule has 0 atom stereocenters. The zero-order valence-electron chi connectivity index (χ0n) is 29.3. The van der Waals surface area contributed by atoms with Crippen molar-refractivity contribution in [3.63, 3.8) is 0 Å². The summed E-state index contributed by atoms with van der Waals surface area (Å²) in [6, 6.07) is 46.0. The molecule has 4 aromatic carbocycles. The molecule has 0 unspecified atom stereocenters. The van der Waals surface area contributed by atoms with Crippen molar-refractivity contribution in [3.8, 4) is 0 Å². The minimum Gasteiger partial charge on any atom is -0.106 e. The van der Waals surface area contributed by atoms with E-state index in [0.717, 1.165) is 11.3 Å². The van der Waals surface area contributed by atoms with Gasteiger partial charge in [0.15, 0.2) is 0 Å². The zero-order valence-corrected chi connectivity index (χ0v) is 37.9. The molecule has 0 radical (unpaired) electrons. The molecule has 0 spiro atoms. The van der Waals surface area contributed by atoms with Crippen LogP contribution in [0.25, 0.3) is 0 Å². The summed E-state index contributed by atoms with van der Waals surface area (Å²) in [5.74, 6) is 0. The molecule has 0 aliphatic heterocycles. The molecule has 2 aliphatic rings. The summed E-state index contributed by atoms with van der Waals surface area (Å²) in [6.45, 7) is 0. The van der Waals surface area contributed by atoms with E-state index in [9.17, 15) is 0 Å². The molecule has 0 nitrogen and oxygen atoms in total. The molecule has 0 bridgehead atoms. The first-order valence-corrected chi connectivity index (χ1v) is 35.2. The molecular formula is C42H54Cl3P4Re. The van der Waals surface area contributed by atoms with Gasteiger partial charge >= 0.3 is 42.3 Å². The van der Waals surface area contributed by atoms with Crippen LogP contribution in [-0.2, 0) is 13.7 Å². The molecule has 50 heavy (non-hydrogen) atoms. The van der Waals surface area contributed by atoms with E-state index in [-0.39, 0.29) is 31.7 Å². The van der Waals surface area contributed by atoms with Crippen molar-refractivity contribution in [2.24, 2.45) is 0 Å². The minimum atomic E-state index is -2.05. The number of halogens is 3. The molecule has 0 saturated heterocycles. The molecule has 2 fully saturated rings. The first kappa shape index (κ1) is 41.3. The maximum absolute atomic E-state index is 4.99. The van der Waals surface area contributed by atoms with E-state index < -0.39 is 13.7 Å². The van der Waals surface area contributed by atoms with Crippen LogP contribution in [0.3, 0.4) is 0 Å². The Labute approximate surface area is 326 Å². The number of hydrogen-bond acceptors (Lipinski definition) is 0. The van der Waals surface area contributed by atoms with Crippen LogP contribution < -0.4 is 21.2 Å². The van der Waals surface area contributed by atoms with E-state index in [2.05, 4.69) is 121 Å². The Morgan fingerprint density at radius 1 is 0.400 bits per heavy atom. The van der Waals surface area contributed by atoms with Gasteiger partial charge in [-0.05, 0) is 111 Å². The molecule has 270 valence electrons. The van der Waals surface area contributed by atoms with Gasteiger partial charge in [0.1, 0.15) is 0 Å². The summed E-state index contributed by atoms with van der Waals surface area (Å²) in [6.07, 6.45) is 23.8. The van der Waals surface area contributed by atoms with Crippen LogP contribution >= 0.6 is 60.3 Å². The number of hydrogen-bond donors (Lipinski definition) is 0. The summed E-state index contributed by atoms with van der Waals surface area (Å²) in [7, 11) is 14.5. The summed E-state index contributed by atoms with van der Waals surface area (Å²) in [5.41, 5.74) is 2.14. The average molecular weight is 975 g/mol. The van der Waals surface area contributed by atoms with Gasteiger partial charge in [-0.1, -0.05) is 168 Å². The largest absolute Gasteiger partial charge is 0.106 e. The molecule has 4 aromatic rings. The van der Waals surface area contributed by atoms with Gasteiger partial charge in [-0.15, -0.1) is 7.92 Å². The quantitative estimate of drug-likeness (QED) is 0.104. The number of benzene rings is 4. The second-order valence-electron chi connectivity index (χ2n) is 13.5. The molecule has 2 aliphatic carbocycles. The third-order valence-corrected chi connectivity index (χ3v) is 22.6. The van der Waals surface area contributed by atoms with Crippen LogP contribution in [0.15, 0.2) is 121 Å². The Morgan fingerprint density at radius 2 is 0.680 bits per heavy atom. The smallest absolute Gasteiger partial charge is 0.0195 e. The van der Waals surface area contributed by atoms with Gasteiger partial charge < -0.3 is 0 Å². The Kier molecular flexibility index (Phi) is 19.7. The van der Waals surface area contributed by atoms with Crippen LogP contribution in [0.4, 0.5) is 0 Å².